The molecule has 2 aromatic rings. The number of halogens is 1. The molecule has 0 atom stereocenters. The minimum Gasteiger partial charge on any atom is -0.324 e. The van der Waals surface area contributed by atoms with Crippen LogP contribution in [0.5, 0.6) is 0 Å². The molecule has 1 heterocycles. The number of thiophene rings is 1. The van der Waals surface area contributed by atoms with Gasteiger partial charge in [-0.1, -0.05) is 24.6 Å². The van der Waals surface area contributed by atoms with Crippen LogP contribution >= 0.6 is 27.3 Å². The minimum absolute atomic E-state index is 0.0394. The third-order valence-electron chi connectivity index (χ3n) is 3.76. The van der Waals surface area contributed by atoms with E-state index >= 15 is 0 Å². The number of carbonyl (C=O) groups is 1. The van der Waals surface area contributed by atoms with Gasteiger partial charge < -0.3 is 5.32 Å². The molecule has 1 amide bonds. The molecule has 0 radical (unpaired) electrons. The molecule has 5 heteroatoms. The number of benzene rings is 1. The van der Waals surface area contributed by atoms with Gasteiger partial charge >= 0.3 is 0 Å². The Hall–Kier alpha value is -1.17. The smallest absolute Gasteiger partial charge is 0.238 e. The lowest BCUT2D eigenvalue weighted by atomic mass is 10.1. The third-order valence-corrected chi connectivity index (χ3v) is 5.37. The first-order valence-corrected chi connectivity index (χ1v) is 9.34. The predicted molar refractivity (Wildman–Crippen MR) is 102 cm³/mol. The lowest BCUT2D eigenvalue weighted by molar-refractivity contribution is -0.117. The highest BCUT2D eigenvalue weighted by Gasteiger charge is 2.13. The molecule has 0 fully saturated rings. The second kappa shape index (κ2) is 8.08. The van der Waals surface area contributed by atoms with E-state index in [-0.39, 0.29) is 5.91 Å². The van der Waals surface area contributed by atoms with Crippen molar-refractivity contribution in [3.05, 3.63) is 49.6 Å². The molecule has 0 bridgehead atoms. The number of amides is 1. The van der Waals surface area contributed by atoms with Gasteiger partial charge in [0.05, 0.1) is 10.3 Å². The molecular formula is C18H23BrN2OS. The van der Waals surface area contributed by atoms with Crippen molar-refractivity contribution < 1.29 is 4.79 Å². The molecular weight excluding hydrogens is 372 g/mol. The van der Waals surface area contributed by atoms with Crippen LogP contribution in [-0.2, 0) is 11.3 Å². The van der Waals surface area contributed by atoms with Gasteiger partial charge in [-0.25, -0.2) is 0 Å². The SMILES string of the molecule is CCN(CC(=O)Nc1c(C)cc(C)cc1C)Cc1ccc(Br)s1. The lowest BCUT2D eigenvalue weighted by Gasteiger charge is -2.20. The van der Waals surface area contributed by atoms with Crippen LogP contribution in [0.4, 0.5) is 5.69 Å². The number of nitrogens with zero attached hydrogens (tertiary/aromatic N) is 1. The van der Waals surface area contributed by atoms with E-state index in [1.165, 1.54) is 10.4 Å². The van der Waals surface area contributed by atoms with Gasteiger partial charge in [0.25, 0.3) is 0 Å². The first-order valence-electron chi connectivity index (χ1n) is 7.73. The normalized spacial score (nSPS) is 11.0. The molecule has 0 aliphatic rings. The number of carbonyl (C=O) groups excluding carboxylic acids is 1. The number of hydrogen-bond donors (Lipinski definition) is 1. The highest BCUT2D eigenvalue weighted by molar-refractivity contribution is 9.11. The maximum Gasteiger partial charge on any atom is 0.238 e. The standard InChI is InChI=1S/C18H23BrN2OS/c1-5-21(10-15-6-7-16(19)23-15)11-17(22)20-18-13(3)8-12(2)9-14(18)4/h6-9H,5,10-11H2,1-4H3,(H,20,22). The molecule has 0 aliphatic heterocycles. The molecule has 1 aromatic heterocycles. The average molecular weight is 395 g/mol. The first kappa shape index (κ1) is 18.2. The minimum atomic E-state index is 0.0394. The van der Waals surface area contributed by atoms with Gasteiger partial charge in [-0.05, 0) is 66.5 Å². The van der Waals surface area contributed by atoms with Gasteiger partial charge in [0.15, 0.2) is 0 Å². The lowest BCUT2D eigenvalue weighted by Crippen LogP contribution is -2.32. The average Bonchev–Trinajstić information content (AvgIpc) is 2.87. The maximum absolute atomic E-state index is 12.4. The van der Waals surface area contributed by atoms with E-state index in [4.69, 9.17) is 0 Å². The Morgan fingerprint density at radius 1 is 1.22 bits per heavy atom. The van der Waals surface area contributed by atoms with Crippen LogP contribution in [0.15, 0.2) is 28.1 Å². The Kier molecular flexibility index (Phi) is 6.39. The molecule has 0 unspecified atom stereocenters. The van der Waals surface area contributed by atoms with Crippen molar-refractivity contribution in [3.63, 3.8) is 0 Å². The van der Waals surface area contributed by atoms with Gasteiger partial charge in [0.1, 0.15) is 0 Å². The predicted octanol–water partition coefficient (Wildman–Crippen LogP) is 4.90. The van der Waals surface area contributed by atoms with Crippen molar-refractivity contribution in [3.8, 4) is 0 Å². The molecule has 3 nitrogen and oxygen atoms in total. The van der Waals surface area contributed by atoms with E-state index in [1.807, 2.05) is 19.9 Å². The Morgan fingerprint density at radius 2 is 1.87 bits per heavy atom. The largest absolute Gasteiger partial charge is 0.324 e. The molecule has 1 aromatic carbocycles. The maximum atomic E-state index is 12.4. The second-order valence-corrected chi connectivity index (χ2v) is 8.38. The summed E-state index contributed by atoms with van der Waals surface area (Å²) in [7, 11) is 0. The Bertz CT molecular complexity index is 673. The van der Waals surface area contributed by atoms with Gasteiger partial charge in [-0.2, -0.15) is 0 Å². The molecule has 0 aliphatic carbocycles. The molecule has 0 saturated carbocycles. The van der Waals surface area contributed by atoms with E-state index in [0.29, 0.717) is 6.54 Å². The highest BCUT2D eigenvalue weighted by atomic mass is 79.9. The molecule has 0 saturated heterocycles. The van der Waals surface area contributed by atoms with E-state index in [2.05, 4.69) is 58.2 Å². The van der Waals surface area contributed by atoms with Crippen LogP contribution < -0.4 is 5.32 Å². The fraction of sp³-hybridized carbons (Fsp3) is 0.389. The molecule has 124 valence electrons. The number of likely N-dealkylation sites (N-methyl/N-ethyl adjacent to an activating group) is 1. The number of aryl methyl sites for hydroxylation is 3. The molecule has 1 N–H and O–H groups in total. The number of anilines is 1. The summed E-state index contributed by atoms with van der Waals surface area (Å²) < 4.78 is 1.12. The summed E-state index contributed by atoms with van der Waals surface area (Å²) >= 11 is 5.19. The molecule has 23 heavy (non-hydrogen) atoms. The third kappa shape index (κ3) is 5.16. The van der Waals surface area contributed by atoms with Gasteiger partial charge in [0, 0.05) is 17.1 Å². The second-order valence-electron chi connectivity index (χ2n) is 5.83. The van der Waals surface area contributed by atoms with Gasteiger partial charge in [-0.3, -0.25) is 9.69 Å². The monoisotopic (exact) mass is 394 g/mol. The zero-order valence-electron chi connectivity index (χ0n) is 14.1. The zero-order chi connectivity index (χ0) is 17.0. The van der Waals surface area contributed by atoms with Crippen molar-refractivity contribution in [1.29, 1.82) is 0 Å². The van der Waals surface area contributed by atoms with Gasteiger partial charge in [-0.15, -0.1) is 11.3 Å². The van der Waals surface area contributed by atoms with Crippen LogP contribution in [0.2, 0.25) is 0 Å². The summed E-state index contributed by atoms with van der Waals surface area (Å²) in [6.45, 7) is 10.3. The van der Waals surface area contributed by atoms with Gasteiger partial charge in [0.2, 0.25) is 5.91 Å². The number of hydrogen-bond acceptors (Lipinski definition) is 3. The summed E-state index contributed by atoms with van der Waals surface area (Å²) in [5, 5.41) is 3.08. The highest BCUT2D eigenvalue weighted by Crippen LogP contribution is 2.24. The summed E-state index contributed by atoms with van der Waals surface area (Å²) in [6, 6.07) is 8.35. The molecule has 2 rings (SSSR count). The van der Waals surface area contributed by atoms with Crippen molar-refractivity contribution in [2.45, 2.75) is 34.2 Å². The first-order chi connectivity index (χ1) is 10.9. The van der Waals surface area contributed by atoms with Crippen LogP contribution in [0, 0.1) is 20.8 Å². The van der Waals surface area contributed by atoms with Crippen molar-refractivity contribution in [2.75, 3.05) is 18.4 Å². The fourth-order valence-corrected chi connectivity index (χ4v) is 4.22. The summed E-state index contributed by atoms with van der Waals surface area (Å²) in [5.41, 5.74) is 4.38. The Morgan fingerprint density at radius 3 is 2.39 bits per heavy atom. The Labute approximate surface area is 150 Å². The number of nitrogens with one attached hydrogen (secondary N) is 1. The van der Waals surface area contributed by atoms with Crippen molar-refractivity contribution in [1.82, 2.24) is 4.90 Å². The molecule has 0 spiro atoms. The van der Waals surface area contributed by atoms with E-state index < -0.39 is 0 Å². The quantitative estimate of drug-likeness (QED) is 0.755. The Balaban J connectivity index is 2.00. The van der Waals surface area contributed by atoms with E-state index in [9.17, 15) is 4.79 Å². The van der Waals surface area contributed by atoms with E-state index in [1.54, 1.807) is 11.3 Å². The van der Waals surface area contributed by atoms with Crippen LogP contribution in [0.1, 0.15) is 28.5 Å². The van der Waals surface area contributed by atoms with Crippen molar-refractivity contribution >= 4 is 38.9 Å². The summed E-state index contributed by atoms with van der Waals surface area (Å²) in [6.07, 6.45) is 0. The summed E-state index contributed by atoms with van der Waals surface area (Å²) in [4.78, 5) is 15.8. The fourth-order valence-electron chi connectivity index (χ4n) is 2.70. The van der Waals surface area contributed by atoms with Crippen LogP contribution in [-0.4, -0.2) is 23.9 Å². The topological polar surface area (TPSA) is 32.3 Å². The van der Waals surface area contributed by atoms with Crippen LogP contribution in [0.25, 0.3) is 0 Å². The number of rotatable bonds is 6. The van der Waals surface area contributed by atoms with Crippen molar-refractivity contribution in [2.24, 2.45) is 0 Å². The zero-order valence-corrected chi connectivity index (χ0v) is 16.5. The summed E-state index contributed by atoms with van der Waals surface area (Å²) in [5.74, 6) is 0.0394. The van der Waals surface area contributed by atoms with Crippen LogP contribution in [0.3, 0.4) is 0 Å². The van der Waals surface area contributed by atoms with E-state index in [0.717, 1.165) is 33.7 Å².